The lowest BCUT2D eigenvalue weighted by atomic mass is 9.65. The Labute approximate surface area is 189 Å². The van der Waals surface area contributed by atoms with Crippen LogP contribution < -0.4 is 10.0 Å². The van der Waals surface area contributed by atoms with Crippen LogP contribution in [0.5, 0.6) is 0 Å². The van der Waals surface area contributed by atoms with E-state index >= 15 is 0 Å². The van der Waals surface area contributed by atoms with Crippen molar-refractivity contribution in [1.82, 2.24) is 19.7 Å². The summed E-state index contributed by atoms with van der Waals surface area (Å²) >= 11 is 0. The Balaban J connectivity index is 1.47. The summed E-state index contributed by atoms with van der Waals surface area (Å²) < 4.78 is 52.5. The van der Waals surface area contributed by atoms with E-state index in [9.17, 15) is 22.0 Å². The highest BCUT2D eigenvalue weighted by molar-refractivity contribution is 7.89. The third-order valence-corrected chi connectivity index (χ3v) is 6.01. The zero-order valence-corrected chi connectivity index (χ0v) is 18.4. The Hall–Kier alpha value is -3.47. The molecule has 1 aliphatic carbocycles. The predicted molar refractivity (Wildman–Crippen MR) is 118 cm³/mol. The van der Waals surface area contributed by atoms with E-state index in [1.54, 1.807) is 12.1 Å². The molecule has 0 radical (unpaired) electrons. The highest BCUT2D eigenvalue weighted by atomic mass is 32.2. The van der Waals surface area contributed by atoms with Crippen molar-refractivity contribution in [1.29, 1.82) is 0 Å². The zero-order chi connectivity index (χ0) is 23.6. The van der Waals surface area contributed by atoms with Crippen molar-refractivity contribution in [2.75, 3.05) is 18.1 Å². The van der Waals surface area contributed by atoms with Crippen LogP contribution in [0, 0.1) is 5.82 Å². The van der Waals surface area contributed by atoms with E-state index in [1.165, 1.54) is 42.9 Å². The Morgan fingerprint density at radius 1 is 1.12 bits per heavy atom. The molecule has 1 saturated carbocycles. The lowest BCUT2D eigenvalue weighted by Crippen LogP contribution is -2.49. The Morgan fingerprint density at radius 2 is 1.85 bits per heavy atom. The summed E-state index contributed by atoms with van der Waals surface area (Å²) in [4.78, 5) is 24.7. The van der Waals surface area contributed by atoms with Crippen LogP contribution in [0.3, 0.4) is 0 Å². The third-order valence-electron chi connectivity index (χ3n) is 5.46. The van der Waals surface area contributed by atoms with E-state index < -0.39 is 33.3 Å². The maximum absolute atomic E-state index is 14.3. The van der Waals surface area contributed by atoms with Crippen molar-refractivity contribution in [2.45, 2.75) is 24.4 Å². The first-order chi connectivity index (χ1) is 15.7. The second-order valence-corrected chi connectivity index (χ2v) is 9.80. The molecular formula is C22H21F2N5O3S. The van der Waals surface area contributed by atoms with Gasteiger partial charge in [-0.05, 0) is 42.7 Å². The van der Waals surface area contributed by atoms with Gasteiger partial charge in [-0.3, -0.25) is 9.78 Å². The van der Waals surface area contributed by atoms with E-state index in [0.717, 1.165) is 6.26 Å². The Morgan fingerprint density at radius 3 is 2.48 bits per heavy atom. The minimum absolute atomic E-state index is 0.161. The zero-order valence-electron chi connectivity index (χ0n) is 17.6. The summed E-state index contributed by atoms with van der Waals surface area (Å²) in [5.41, 5.74) is 0.854. The fourth-order valence-corrected chi connectivity index (χ4v) is 4.32. The number of carbonyl (C=O) groups excluding carboxylic acids is 1. The van der Waals surface area contributed by atoms with Crippen molar-refractivity contribution in [2.24, 2.45) is 0 Å². The van der Waals surface area contributed by atoms with Crippen molar-refractivity contribution < 1.29 is 22.0 Å². The minimum Gasteiger partial charge on any atom is -0.353 e. The number of aromatic nitrogens is 3. The molecule has 2 N–H and O–H groups in total. The normalized spacial score (nSPS) is 20.0. The highest BCUT2D eigenvalue weighted by Crippen LogP contribution is 2.45. The molecule has 1 amide bonds. The van der Waals surface area contributed by atoms with Crippen molar-refractivity contribution in [3.05, 3.63) is 72.1 Å². The van der Waals surface area contributed by atoms with Gasteiger partial charge in [0.1, 0.15) is 12.0 Å². The average Bonchev–Trinajstić information content (AvgIpc) is 2.76. The van der Waals surface area contributed by atoms with Crippen LogP contribution in [0.2, 0.25) is 0 Å². The van der Waals surface area contributed by atoms with E-state index in [4.69, 9.17) is 0 Å². The molecule has 4 rings (SSSR count). The summed E-state index contributed by atoms with van der Waals surface area (Å²) in [5.74, 6) is -0.928. The van der Waals surface area contributed by atoms with Crippen molar-refractivity contribution >= 4 is 21.9 Å². The van der Waals surface area contributed by atoms with Crippen LogP contribution in [0.15, 0.2) is 55.0 Å². The monoisotopic (exact) mass is 473 g/mol. The van der Waals surface area contributed by atoms with E-state index in [0.29, 0.717) is 11.1 Å². The molecule has 1 aromatic carbocycles. The molecule has 0 spiro atoms. The molecule has 0 saturated heterocycles. The first-order valence-electron chi connectivity index (χ1n) is 10.1. The van der Waals surface area contributed by atoms with Crippen LogP contribution in [-0.2, 0) is 15.4 Å². The Bertz CT molecular complexity index is 1280. The molecule has 3 aromatic rings. The van der Waals surface area contributed by atoms with Crippen LogP contribution in [0.25, 0.3) is 11.1 Å². The van der Waals surface area contributed by atoms with Gasteiger partial charge in [-0.2, -0.15) is 0 Å². The maximum Gasteiger partial charge on any atom is 0.264 e. The second kappa shape index (κ2) is 8.81. The van der Waals surface area contributed by atoms with Gasteiger partial charge in [0.25, 0.3) is 5.91 Å². The second-order valence-electron chi connectivity index (χ2n) is 8.05. The molecule has 1 fully saturated rings. The number of carbonyl (C=O) groups is 1. The van der Waals surface area contributed by atoms with Crippen LogP contribution >= 0.6 is 0 Å². The third kappa shape index (κ3) is 5.14. The number of amides is 1. The molecule has 8 nitrogen and oxygen atoms in total. The molecule has 2 aromatic heterocycles. The summed E-state index contributed by atoms with van der Waals surface area (Å²) in [6, 6.07) is 9.18. The SMILES string of the molecule is CS(=O)(=O)NC(=O)c1cccc(-c2cnc(NCC3(c4ncccc4F)CC(F)C3)nc2)c1. The van der Waals surface area contributed by atoms with Gasteiger partial charge in [-0.15, -0.1) is 0 Å². The average molecular weight is 474 g/mol. The topological polar surface area (TPSA) is 114 Å². The molecule has 0 aliphatic heterocycles. The molecule has 0 unspecified atom stereocenters. The smallest absolute Gasteiger partial charge is 0.264 e. The lowest BCUT2D eigenvalue weighted by Gasteiger charge is -2.43. The molecule has 1 aliphatic rings. The van der Waals surface area contributed by atoms with E-state index in [-0.39, 0.29) is 36.6 Å². The first-order valence-corrected chi connectivity index (χ1v) is 12.0. The minimum atomic E-state index is -3.68. The van der Waals surface area contributed by atoms with Crippen LogP contribution in [0.1, 0.15) is 28.9 Å². The number of nitrogens with one attached hydrogen (secondary N) is 2. The Kier molecular flexibility index (Phi) is 6.07. The quantitative estimate of drug-likeness (QED) is 0.542. The number of rotatable bonds is 7. The molecule has 33 heavy (non-hydrogen) atoms. The van der Waals surface area contributed by atoms with E-state index in [1.807, 2.05) is 4.72 Å². The molecular weight excluding hydrogens is 452 g/mol. The van der Waals surface area contributed by atoms with Gasteiger partial charge in [0, 0.05) is 41.7 Å². The predicted octanol–water partition coefficient (Wildman–Crippen LogP) is 2.85. The van der Waals surface area contributed by atoms with Gasteiger partial charge in [0.2, 0.25) is 16.0 Å². The summed E-state index contributed by atoms with van der Waals surface area (Å²) in [6.45, 7) is 0.224. The summed E-state index contributed by atoms with van der Waals surface area (Å²) in [7, 11) is -3.68. The molecule has 11 heteroatoms. The van der Waals surface area contributed by atoms with Gasteiger partial charge in [0.05, 0.1) is 11.9 Å². The maximum atomic E-state index is 14.3. The number of hydrogen-bond acceptors (Lipinski definition) is 7. The molecule has 172 valence electrons. The van der Waals surface area contributed by atoms with E-state index in [2.05, 4.69) is 20.3 Å². The number of anilines is 1. The number of pyridine rings is 1. The molecule has 0 atom stereocenters. The summed E-state index contributed by atoms with van der Waals surface area (Å²) in [6.07, 6.45) is 4.77. The van der Waals surface area contributed by atoms with Crippen molar-refractivity contribution in [3.63, 3.8) is 0 Å². The standard InChI is InChI=1S/C22H21F2N5O3S/c1-33(31,32)29-20(30)15-5-2-4-14(8-15)16-11-26-21(27-12-16)28-13-22(9-17(23)10-22)19-18(24)6-3-7-25-19/h2-8,11-12,17H,9-10,13H2,1H3,(H,29,30)(H,26,27,28). The van der Waals surface area contributed by atoms with Gasteiger partial charge >= 0.3 is 0 Å². The number of benzene rings is 1. The highest BCUT2D eigenvalue weighted by Gasteiger charge is 2.48. The van der Waals surface area contributed by atoms with Crippen molar-refractivity contribution in [3.8, 4) is 11.1 Å². The number of alkyl halides is 1. The van der Waals surface area contributed by atoms with Gasteiger partial charge < -0.3 is 5.32 Å². The van der Waals surface area contributed by atoms with Gasteiger partial charge in [-0.25, -0.2) is 31.9 Å². The fourth-order valence-electron chi connectivity index (χ4n) is 3.87. The van der Waals surface area contributed by atoms with Crippen LogP contribution in [0.4, 0.5) is 14.7 Å². The fraction of sp³-hybridized carbons (Fsp3) is 0.273. The lowest BCUT2D eigenvalue weighted by molar-refractivity contribution is 0.0962. The summed E-state index contributed by atoms with van der Waals surface area (Å²) in [5, 5.41) is 3.04. The van der Waals surface area contributed by atoms with Gasteiger partial charge in [0.15, 0.2) is 0 Å². The first kappa shape index (κ1) is 22.7. The molecule has 2 heterocycles. The van der Waals surface area contributed by atoms with Crippen LogP contribution in [-0.4, -0.2) is 48.2 Å². The molecule has 0 bridgehead atoms. The number of sulfonamides is 1. The number of halogens is 2. The number of hydrogen-bond donors (Lipinski definition) is 2. The van der Waals surface area contributed by atoms with Gasteiger partial charge in [-0.1, -0.05) is 12.1 Å². The number of nitrogens with zero attached hydrogens (tertiary/aromatic N) is 3. The largest absolute Gasteiger partial charge is 0.353 e.